The van der Waals surface area contributed by atoms with Crippen LogP contribution in [0.1, 0.15) is 32.4 Å². The Morgan fingerprint density at radius 3 is 2.88 bits per heavy atom. The fraction of sp³-hybridized carbons (Fsp3) is 0.474. The Morgan fingerprint density at radius 2 is 2.19 bits per heavy atom. The van der Waals surface area contributed by atoms with Gasteiger partial charge in [0, 0.05) is 18.2 Å². The van der Waals surface area contributed by atoms with Crippen molar-refractivity contribution in [3.05, 3.63) is 41.9 Å². The molecule has 26 heavy (non-hydrogen) atoms. The number of hydrogen-bond donors (Lipinski definition) is 2. The highest BCUT2D eigenvalue weighted by Crippen LogP contribution is 2.22. The molecule has 0 bridgehead atoms. The largest absolute Gasteiger partial charge is 0.371 e. The van der Waals surface area contributed by atoms with Gasteiger partial charge in [0.1, 0.15) is 18.3 Å². The molecule has 2 unspecified atom stereocenters. The highest BCUT2D eigenvalue weighted by Gasteiger charge is 2.24. The Hall–Kier alpha value is -2.41. The molecule has 1 aromatic heterocycles. The normalized spacial score (nSPS) is 23.3. The van der Waals surface area contributed by atoms with E-state index in [4.69, 9.17) is 15.6 Å². The van der Waals surface area contributed by atoms with Crippen molar-refractivity contribution in [2.75, 3.05) is 18.0 Å². The van der Waals surface area contributed by atoms with Gasteiger partial charge < -0.3 is 15.0 Å². The molecule has 1 aliphatic heterocycles. The number of allylic oxidation sites excluding steroid dienone is 2. The van der Waals surface area contributed by atoms with Crippen LogP contribution in [0.3, 0.4) is 0 Å². The topological polar surface area (TPSA) is 86.0 Å². The van der Waals surface area contributed by atoms with Crippen LogP contribution in [0.4, 0.5) is 10.2 Å². The number of halogens is 1. The number of rotatable bonds is 5. The van der Waals surface area contributed by atoms with E-state index in [9.17, 15) is 4.39 Å². The molecule has 3 rings (SSSR count). The van der Waals surface area contributed by atoms with E-state index in [-0.39, 0.29) is 23.6 Å². The number of hydrogen-bond acceptors (Lipinski definition) is 6. The van der Waals surface area contributed by atoms with Crippen LogP contribution in [0.2, 0.25) is 0 Å². The van der Waals surface area contributed by atoms with Gasteiger partial charge in [0.15, 0.2) is 0 Å². The number of ether oxygens (including phenoxy) is 1. The quantitative estimate of drug-likeness (QED) is 0.793. The van der Waals surface area contributed by atoms with Gasteiger partial charge in [0.05, 0.1) is 35.9 Å². The van der Waals surface area contributed by atoms with Crippen molar-refractivity contribution in [2.45, 2.75) is 45.1 Å². The Bertz CT molecular complexity index is 758. The summed E-state index contributed by atoms with van der Waals surface area (Å²) in [5.41, 5.74) is 1.38. The first-order chi connectivity index (χ1) is 12.4. The molecule has 1 saturated heterocycles. The average Bonchev–Trinajstić information content (AvgIpc) is 2.97. The summed E-state index contributed by atoms with van der Waals surface area (Å²) in [5, 5.41) is 16.7. The van der Waals surface area contributed by atoms with Crippen LogP contribution < -0.4 is 4.90 Å². The van der Waals surface area contributed by atoms with E-state index in [0.29, 0.717) is 43.0 Å². The summed E-state index contributed by atoms with van der Waals surface area (Å²) in [6, 6.07) is 1.70. The standard InChI is InChI=1S/C19H24FN5O/c1-12(2)26-14-3-5-15(16(21)6-4-14)19(22)17-9-18(24-11-23-17)25-8-7-13(20)10-25/h4-6,9,11-14,21-22H,3,7-8,10H2,1-2H3. The maximum Gasteiger partial charge on any atom is 0.132 e. The molecular weight excluding hydrogens is 333 g/mol. The highest BCUT2D eigenvalue weighted by molar-refractivity contribution is 6.30. The molecule has 0 spiro atoms. The lowest BCUT2D eigenvalue weighted by Gasteiger charge is -2.17. The molecule has 2 atom stereocenters. The fourth-order valence-electron chi connectivity index (χ4n) is 3.12. The summed E-state index contributed by atoms with van der Waals surface area (Å²) in [5.74, 6) is 0.622. The summed E-state index contributed by atoms with van der Waals surface area (Å²) < 4.78 is 19.2. The predicted octanol–water partition coefficient (Wildman–Crippen LogP) is 3.09. The maximum atomic E-state index is 13.4. The Labute approximate surface area is 152 Å². The molecule has 0 aromatic carbocycles. The van der Waals surface area contributed by atoms with E-state index in [1.807, 2.05) is 30.9 Å². The van der Waals surface area contributed by atoms with E-state index in [2.05, 4.69) is 9.97 Å². The summed E-state index contributed by atoms with van der Waals surface area (Å²) in [7, 11) is 0. The predicted molar refractivity (Wildman–Crippen MR) is 100 cm³/mol. The minimum absolute atomic E-state index is 0.0949. The SMILES string of the molecule is CC(C)OC1C=CC(=N)C(C(=N)c2cc(N3CCC(F)C3)ncn2)=CC1. The monoisotopic (exact) mass is 357 g/mol. The van der Waals surface area contributed by atoms with Gasteiger partial charge in [-0.25, -0.2) is 14.4 Å². The molecule has 6 nitrogen and oxygen atoms in total. The second-order valence-corrected chi connectivity index (χ2v) is 6.82. The van der Waals surface area contributed by atoms with Crippen molar-refractivity contribution in [3.8, 4) is 0 Å². The number of alkyl halides is 1. The van der Waals surface area contributed by atoms with Crippen molar-refractivity contribution in [1.29, 1.82) is 10.8 Å². The lowest BCUT2D eigenvalue weighted by Crippen LogP contribution is -2.22. The van der Waals surface area contributed by atoms with Crippen molar-refractivity contribution in [2.24, 2.45) is 0 Å². The maximum absolute atomic E-state index is 13.4. The van der Waals surface area contributed by atoms with Gasteiger partial charge in [-0.2, -0.15) is 0 Å². The summed E-state index contributed by atoms with van der Waals surface area (Å²) >= 11 is 0. The molecule has 7 heteroatoms. The van der Waals surface area contributed by atoms with Crippen LogP contribution in [-0.4, -0.2) is 52.9 Å². The summed E-state index contributed by atoms with van der Waals surface area (Å²) in [4.78, 5) is 10.3. The number of nitrogens with one attached hydrogen (secondary N) is 2. The number of nitrogens with zero attached hydrogens (tertiary/aromatic N) is 3. The van der Waals surface area contributed by atoms with E-state index in [1.165, 1.54) is 6.33 Å². The average molecular weight is 357 g/mol. The van der Waals surface area contributed by atoms with Crippen LogP contribution in [0.5, 0.6) is 0 Å². The van der Waals surface area contributed by atoms with Crippen LogP contribution in [-0.2, 0) is 4.74 Å². The smallest absolute Gasteiger partial charge is 0.132 e. The molecule has 0 amide bonds. The van der Waals surface area contributed by atoms with Gasteiger partial charge in [-0.05, 0) is 32.8 Å². The first-order valence-electron chi connectivity index (χ1n) is 8.87. The lowest BCUT2D eigenvalue weighted by atomic mass is 10.0. The second kappa shape index (κ2) is 7.86. The molecule has 138 valence electrons. The molecule has 1 aromatic rings. The van der Waals surface area contributed by atoms with Crippen LogP contribution in [0.15, 0.2) is 36.2 Å². The van der Waals surface area contributed by atoms with Gasteiger partial charge in [-0.15, -0.1) is 0 Å². The van der Waals surface area contributed by atoms with E-state index >= 15 is 0 Å². The van der Waals surface area contributed by atoms with Gasteiger partial charge in [0.2, 0.25) is 0 Å². The second-order valence-electron chi connectivity index (χ2n) is 6.82. The highest BCUT2D eigenvalue weighted by atomic mass is 19.1. The zero-order chi connectivity index (χ0) is 18.7. The summed E-state index contributed by atoms with van der Waals surface area (Å²) in [6.45, 7) is 4.87. The van der Waals surface area contributed by atoms with E-state index in [1.54, 1.807) is 12.1 Å². The van der Waals surface area contributed by atoms with E-state index < -0.39 is 6.17 Å². The molecule has 2 N–H and O–H groups in total. The third kappa shape index (κ3) is 4.22. The van der Waals surface area contributed by atoms with Crippen LogP contribution in [0.25, 0.3) is 0 Å². The molecule has 0 radical (unpaired) electrons. The third-order valence-corrected chi connectivity index (χ3v) is 4.40. The van der Waals surface area contributed by atoms with Gasteiger partial charge in [-0.3, -0.25) is 5.41 Å². The molecule has 1 fully saturated rings. The van der Waals surface area contributed by atoms with Gasteiger partial charge in [-0.1, -0.05) is 12.2 Å². The number of anilines is 1. The van der Waals surface area contributed by atoms with Crippen molar-refractivity contribution in [1.82, 2.24) is 9.97 Å². The molecule has 2 heterocycles. The minimum Gasteiger partial charge on any atom is -0.371 e. The lowest BCUT2D eigenvalue weighted by molar-refractivity contribution is 0.0376. The zero-order valence-electron chi connectivity index (χ0n) is 15.1. The Kier molecular flexibility index (Phi) is 5.56. The molecule has 2 aliphatic rings. The first-order valence-corrected chi connectivity index (χ1v) is 8.87. The van der Waals surface area contributed by atoms with Crippen molar-refractivity contribution in [3.63, 3.8) is 0 Å². The van der Waals surface area contributed by atoms with Crippen LogP contribution >= 0.6 is 0 Å². The van der Waals surface area contributed by atoms with Gasteiger partial charge >= 0.3 is 0 Å². The minimum atomic E-state index is -0.839. The third-order valence-electron chi connectivity index (χ3n) is 4.40. The van der Waals surface area contributed by atoms with Crippen LogP contribution in [0, 0.1) is 10.8 Å². The fourth-order valence-corrected chi connectivity index (χ4v) is 3.12. The number of aromatic nitrogens is 2. The zero-order valence-corrected chi connectivity index (χ0v) is 15.1. The van der Waals surface area contributed by atoms with Crippen molar-refractivity contribution < 1.29 is 9.13 Å². The Balaban J connectivity index is 1.79. The summed E-state index contributed by atoms with van der Waals surface area (Å²) in [6.07, 6.45) is 7.03. The van der Waals surface area contributed by atoms with E-state index in [0.717, 1.165) is 0 Å². The molecular formula is C19H24FN5O. The Morgan fingerprint density at radius 1 is 1.38 bits per heavy atom. The van der Waals surface area contributed by atoms with Gasteiger partial charge in [0.25, 0.3) is 0 Å². The molecule has 0 saturated carbocycles. The molecule has 1 aliphatic carbocycles. The first kappa shape index (κ1) is 18.4. The van der Waals surface area contributed by atoms with Crippen molar-refractivity contribution >= 4 is 17.2 Å².